The van der Waals surface area contributed by atoms with Crippen LogP contribution in [0.25, 0.3) is 11.0 Å². The van der Waals surface area contributed by atoms with Gasteiger partial charge in [-0.2, -0.15) is 0 Å². The fourth-order valence-corrected chi connectivity index (χ4v) is 3.62. The van der Waals surface area contributed by atoms with Crippen LogP contribution in [-0.4, -0.2) is 52.5 Å². The lowest BCUT2D eigenvalue weighted by Gasteiger charge is -2.35. The van der Waals surface area contributed by atoms with Gasteiger partial charge in [0.15, 0.2) is 10.7 Å². The van der Waals surface area contributed by atoms with E-state index in [1.165, 1.54) is 12.1 Å². The number of benzene rings is 1. The van der Waals surface area contributed by atoms with Gasteiger partial charge < -0.3 is 9.42 Å². The lowest BCUT2D eigenvalue weighted by atomic mass is 10.2. The van der Waals surface area contributed by atoms with Gasteiger partial charge in [0.2, 0.25) is 0 Å². The molecule has 3 aromatic rings. The molecule has 0 saturated carbocycles. The molecule has 136 valence electrons. The second-order valence-electron chi connectivity index (χ2n) is 6.39. The van der Waals surface area contributed by atoms with Crippen molar-refractivity contribution in [1.82, 2.24) is 20.0 Å². The van der Waals surface area contributed by atoms with E-state index >= 15 is 0 Å². The first-order valence-electron chi connectivity index (χ1n) is 8.53. The summed E-state index contributed by atoms with van der Waals surface area (Å²) in [4.78, 5) is 13.7. The zero-order chi connectivity index (χ0) is 18.1. The molecule has 1 saturated heterocycles. The number of thioether (sulfide) groups is 1. The minimum Gasteiger partial charge on any atom is -0.356 e. The zero-order valence-electron chi connectivity index (χ0n) is 14.8. The van der Waals surface area contributed by atoms with Crippen LogP contribution in [0.15, 0.2) is 33.9 Å². The molecule has 4 rings (SSSR count). The summed E-state index contributed by atoms with van der Waals surface area (Å²) < 4.78 is 18.5. The van der Waals surface area contributed by atoms with Crippen LogP contribution in [0.5, 0.6) is 0 Å². The molecule has 1 aliphatic heterocycles. The van der Waals surface area contributed by atoms with E-state index in [0.717, 1.165) is 53.9 Å². The largest absolute Gasteiger partial charge is 0.356 e. The van der Waals surface area contributed by atoms with Crippen molar-refractivity contribution in [2.75, 3.05) is 37.3 Å². The Labute approximate surface area is 155 Å². The summed E-state index contributed by atoms with van der Waals surface area (Å²) in [6, 6.07) is 6.60. The number of piperazine rings is 1. The number of rotatable bonds is 4. The molecule has 0 atom stereocenters. The van der Waals surface area contributed by atoms with E-state index in [2.05, 4.69) is 24.9 Å². The number of hydrogen-bond donors (Lipinski definition) is 0. The topological polar surface area (TPSA) is 58.3 Å². The molecule has 26 heavy (non-hydrogen) atoms. The Morgan fingerprint density at radius 3 is 2.73 bits per heavy atom. The van der Waals surface area contributed by atoms with Gasteiger partial charge in [0, 0.05) is 55.9 Å². The smallest absolute Gasteiger partial charge is 0.189 e. The Morgan fingerprint density at radius 2 is 1.96 bits per heavy atom. The number of nitrogens with zero attached hydrogens (tertiary/aromatic N) is 5. The predicted molar refractivity (Wildman–Crippen MR) is 100 cm³/mol. The molecule has 0 amide bonds. The molecular formula is C18H20FN5OS. The first kappa shape index (κ1) is 17.2. The fraction of sp³-hybridized carbons (Fsp3) is 0.389. The van der Waals surface area contributed by atoms with Gasteiger partial charge in [-0.15, -0.1) is 0 Å². The normalized spacial score (nSPS) is 15.7. The summed E-state index contributed by atoms with van der Waals surface area (Å²) in [5, 5.41) is 5.81. The molecule has 1 aromatic carbocycles. The molecule has 0 aliphatic carbocycles. The SMILES string of the molecule is CSc1nc(C)cc(N2CCN(Cc3noc4cc(F)ccc34)CC2)n1. The molecule has 1 fully saturated rings. The summed E-state index contributed by atoms with van der Waals surface area (Å²) in [6.45, 7) is 6.31. The van der Waals surface area contributed by atoms with E-state index < -0.39 is 0 Å². The highest BCUT2D eigenvalue weighted by atomic mass is 32.2. The number of aryl methyl sites for hydroxylation is 1. The molecule has 1 aliphatic rings. The molecule has 2 aromatic heterocycles. The number of halogens is 1. The molecule has 8 heteroatoms. The number of aromatic nitrogens is 3. The van der Waals surface area contributed by atoms with E-state index in [9.17, 15) is 4.39 Å². The van der Waals surface area contributed by atoms with Gasteiger partial charge in [-0.1, -0.05) is 16.9 Å². The highest BCUT2D eigenvalue weighted by molar-refractivity contribution is 7.98. The molecule has 0 spiro atoms. The van der Waals surface area contributed by atoms with E-state index in [0.29, 0.717) is 12.1 Å². The molecule has 0 N–H and O–H groups in total. The monoisotopic (exact) mass is 373 g/mol. The van der Waals surface area contributed by atoms with Crippen molar-refractivity contribution in [3.8, 4) is 0 Å². The van der Waals surface area contributed by atoms with Crippen LogP contribution in [0.4, 0.5) is 10.2 Å². The highest BCUT2D eigenvalue weighted by Gasteiger charge is 2.21. The van der Waals surface area contributed by atoms with Crippen LogP contribution in [0, 0.1) is 12.7 Å². The van der Waals surface area contributed by atoms with Crippen molar-refractivity contribution in [2.24, 2.45) is 0 Å². The molecule has 0 bridgehead atoms. The third-order valence-electron chi connectivity index (χ3n) is 4.58. The minimum atomic E-state index is -0.307. The lowest BCUT2D eigenvalue weighted by Crippen LogP contribution is -2.46. The average molecular weight is 373 g/mol. The Kier molecular flexibility index (Phi) is 4.78. The third kappa shape index (κ3) is 3.52. The van der Waals surface area contributed by atoms with Crippen molar-refractivity contribution in [3.63, 3.8) is 0 Å². The summed E-state index contributed by atoms with van der Waals surface area (Å²) in [6.07, 6.45) is 1.99. The molecule has 3 heterocycles. The van der Waals surface area contributed by atoms with Crippen LogP contribution in [0.3, 0.4) is 0 Å². The number of anilines is 1. The first-order chi connectivity index (χ1) is 12.6. The van der Waals surface area contributed by atoms with E-state index in [4.69, 9.17) is 4.52 Å². The van der Waals surface area contributed by atoms with Crippen molar-refractivity contribution >= 4 is 28.5 Å². The van der Waals surface area contributed by atoms with Crippen molar-refractivity contribution in [2.45, 2.75) is 18.6 Å². The van der Waals surface area contributed by atoms with Crippen LogP contribution in [-0.2, 0) is 6.54 Å². The fourth-order valence-electron chi connectivity index (χ4n) is 3.20. The van der Waals surface area contributed by atoms with Crippen LogP contribution < -0.4 is 4.90 Å². The number of fused-ring (bicyclic) bond motifs is 1. The summed E-state index contributed by atoms with van der Waals surface area (Å²) in [7, 11) is 0. The second-order valence-corrected chi connectivity index (χ2v) is 7.16. The molecular weight excluding hydrogens is 353 g/mol. The van der Waals surface area contributed by atoms with Crippen LogP contribution >= 0.6 is 11.8 Å². The Hall–Kier alpha value is -2.19. The molecule has 0 unspecified atom stereocenters. The summed E-state index contributed by atoms with van der Waals surface area (Å²) >= 11 is 1.56. The van der Waals surface area contributed by atoms with E-state index in [1.54, 1.807) is 17.8 Å². The maximum Gasteiger partial charge on any atom is 0.189 e. The van der Waals surface area contributed by atoms with Crippen LogP contribution in [0.1, 0.15) is 11.4 Å². The van der Waals surface area contributed by atoms with Gasteiger partial charge in [0.05, 0.1) is 0 Å². The molecule has 6 nitrogen and oxygen atoms in total. The molecule has 0 radical (unpaired) electrons. The van der Waals surface area contributed by atoms with Gasteiger partial charge in [-0.3, -0.25) is 4.90 Å². The Morgan fingerprint density at radius 1 is 1.15 bits per heavy atom. The predicted octanol–water partition coefficient (Wildman–Crippen LogP) is 3.11. The Balaban J connectivity index is 1.42. The standard InChI is InChI=1S/C18H20FN5OS/c1-12-9-17(21-18(20-12)26-2)24-7-5-23(6-8-24)11-15-14-4-3-13(19)10-16(14)25-22-15/h3-4,9-10H,5-8,11H2,1-2H3. The van der Waals surface area contributed by atoms with Gasteiger partial charge in [0.1, 0.15) is 17.3 Å². The zero-order valence-corrected chi connectivity index (χ0v) is 15.6. The first-order valence-corrected chi connectivity index (χ1v) is 9.75. The number of hydrogen-bond acceptors (Lipinski definition) is 7. The highest BCUT2D eigenvalue weighted by Crippen LogP contribution is 2.23. The van der Waals surface area contributed by atoms with E-state index in [-0.39, 0.29) is 5.82 Å². The van der Waals surface area contributed by atoms with Gasteiger partial charge in [-0.25, -0.2) is 14.4 Å². The van der Waals surface area contributed by atoms with Crippen LogP contribution in [0.2, 0.25) is 0 Å². The van der Waals surface area contributed by atoms with Crippen molar-refractivity contribution in [1.29, 1.82) is 0 Å². The quantitative estimate of drug-likeness (QED) is 0.514. The Bertz CT molecular complexity index is 923. The third-order valence-corrected chi connectivity index (χ3v) is 5.13. The summed E-state index contributed by atoms with van der Waals surface area (Å²) in [5.41, 5.74) is 2.35. The van der Waals surface area contributed by atoms with Crippen molar-refractivity contribution < 1.29 is 8.91 Å². The maximum atomic E-state index is 13.3. The average Bonchev–Trinajstić information content (AvgIpc) is 3.03. The van der Waals surface area contributed by atoms with Gasteiger partial charge in [-0.05, 0) is 25.3 Å². The lowest BCUT2D eigenvalue weighted by molar-refractivity contribution is 0.242. The minimum absolute atomic E-state index is 0.307. The van der Waals surface area contributed by atoms with Gasteiger partial charge in [0.25, 0.3) is 0 Å². The van der Waals surface area contributed by atoms with Gasteiger partial charge >= 0.3 is 0 Å². The summed E-state index contributed by atoms with van der Waals surface area (Å²) in [5.74, 6) is 0.683. The maximum absolute atomic E-state index is 13.3. The van der Waals surface area contributed by atoms with E-state index in [1.807, 2.05) is 19.2 Å². The van der Waals surface area contributed by atoms with Crippen molar-refractivity contribution in [3.05, 3.63) is 41.5 Å². The second kappa shape index (κ2) is 7.20.